The Bertz CT molecular complexity index is 344. The fraction of sp³-hybridized carbons (Fsp3) is 1.00. The average molecular weight is 292 g/mol. The summed E-state index contributed by atoms with van der Waals surface area (Å²) in [6.45, 7) is 10.3. The Hall–Kier alpha value is -0.170. The zero-order chi connectivity index (χ0) is 14.3. The van der Waals surface area contributed by atoms with E-state index in [-0.39, 0.29) is 11.9 Å². The Morgan fingerprint density at radius 2 is 2.16 bits per heavy atom. The Kier molecular flexibility index (Phi) is 7.28. The van der Waals surface area contributed by atoms with Gasteiger partial charge >= 0.3 is 0 Å². The largest absolute Gasteiger partial charge is 0.374 e. The minimum atomic E-state index is -3.13. The molecule has 5 nitrogen and oxygen atoms in total. The summed E-state index contributed by atoms with van der Waals surface area (Å²) in [5.41, 5.74) is 0. The van der Waals surface area contributed by atoms with Gasteiger partial charge in [-0.15, -0.1) is 0 Å². The first-order chi connectivity index (χ1) is 8.93. The van der Waals surface area contributed by atoms with Crippen molar-refractivity contribution in [2.24, 2.45) is 5.92 Å². The molecule has 1 unspecified atom stereocenters. The van der Waals surface area contributed by atoms with Crippen molar-refractivity contribution >= 4 is 10.0 Å². The Labute approximate surface area is 117 Å². The summed E-state index contributed by atoms with van der Waals surface area (Å²) in [6, 6.07) is 0. The second-order valence-electron chi connectivity index (χ2n) is 5.67. The van der Waals surface area contributed by atoms with Crippen molar-refractivity contribution in [2.75, 3.05) is 38.5 Å². The van der Waals surface area contributed by atoms with E-state index in [9.17, 15) is 8.42 Å². The van der Waals surface area contributed by atoms with Crippen LogP contribution in [0.15, 0.2) is 0 Å². The van der Waals surface area contributed by atoms with Crippen LogP contribution in [0.4, 0.5) is 0 Å². The number of sulfonamides is 1. The van der Waals surface area contributed by atoms with Gasteiger partial charge in [0.2, 0.25) is 10.0 Å². The molecule has 6 heteroatoms. The fourth-order valence-electron chi connectivity index (χ4n) is 2.21. The number of nitrogens with one attached hydrogen (secondary N) is 1. The molecule has 0 spiro atoms. The van der Waals surface area contributed by atoms with E-state index in [1.54, 1.807) is 0 Å². The van der Waals surface area contributed by atoms with Crippen molar-refractivity contribution < 1.29 is 13.2 Å². The van der Waals surface area contributed by atoms with Crippen LogP contribution in [0.2, 0.25) is 0 Å². The monoisotopic (exact) mass is 292 g/mol. The molecule has 0 aliphatic carbocycles. The molecule has 1 rings (SSSR count). The smallest absolute Gasteiger partial charge is 0.211 e. The van der Waals surface area contributed by atoms with Crippen molar-refractivity contribution in [3.8, 4) is 0 Å². The fourth-order valence-corrected chi connectivity index (χ4v) is 3.47. The lowest BCUT2D eigenvalue weighted by Gasteiger charge is -2.33. The minimum Gasteiger partial charge on any atom is -0.374 e. The van der Waals surface area contributed by atoms with E-state index in [2.05, 4.69) is 23.5 Å². The molecule has 114 valence electrons. The van der Waals surface area contributed by atoms with Crippen LogP contribution in [0.3, 0.4) is 0 Å². The Morgan fingerprint density at radius 3 is 2.79 bits per heavy atom. The van der Waals surface area contributed by atoms with Gasteiger partial charge in [0.1, 0.15) is 0 Å². The zero-order valence-corrected chi connectivity index (χ0v) is 13.2. The first-order valence-electron chi connectivity index (χ1n) is 7.24. The highest BCUT2D eigenvalue weighted by Crippen LogP contribution is 2.07. The number of unbranched alkanes of at least 4 members (excludes halogenated alkanes) is 1. The Morgan fingerprint density at radius 1 is 1.42 bits per heavy atom. The summed E-state index contributed by atoms with van der Waals surface area (Å²) in [7, 11) is -3.13. The molecule has 1 fully saturated rings. The summed E-state index contributed by atoms with van der Waals surface area (Å²) in [5, 5.41) is 0. The van der Waals surface area contributed by atoms with Gasteiger partial charge < -0.3 is 4.74 Å². The number of rotatable bonds is 8. The summed E-state index contributed by atoms with van der Waals surface area (Å²) >= 11 is 0. The Balaban J connectivity index is 2.32. The van der Waals surface area contributed by atoms with Crippen molar-refractivity contribution in [2.45, 2.75) is 39.7 Å². The molecular weight excluding hydrogens is 264 g/mol. The first kappa shape index (κ1) is 16.9. The molecule has 0 aromatic rings. The van der Waals surface area contributed by atoms with E-state index in [1.165, 1.54) is 0 Å². The lowest BCUT2D eigenvalue weighted by Crippen LogP contribution is -2.48. The van der Waals surface area contributed by atoms with Crippen molar-refractivity contribution in [3.05, 3.63) is 0 Å². The topological polar surface area (TPSA) is 58.6 Å². The molecule has 1 atom stereocenters. The number of hydrogen-bond acceptors (Lipinski definition) is 4. The molecule has 1 N–H and O–H groups in total. The standard InChI is InChI=1S/C13H28N2O3S/c1-4-5-8-19(16,17)14-9-13-11-15(6-7-18-13)10-12(2)3/h12-14H,4-11H2,1-3H3. The van der Waals surface area contributed by atoms with Gasteiger partial charge in [-0.1, -0.05) is 27.2 Å². The van der Waals surface area contributed by atoms with Crippen LogP contribution in [0.5, 0.6) is 0 Å². The number of hydrogen-bond donors (Lipinski definition) is 1. The summed E-state index contributed by atoms with van der Waals surface area (Å²) in [5.74, 6) is 0.839. The summed E-state index contributed by atoms with van der Waals surface area (Å²) in [6.07, 6.45) is 1.58. The molecule has 0 amide bonds. The molecule has 1 aliphatic rings. The van der Waals surface area contributed by atoms with Crippen LogP contribution in [0, 0.1) is 5.92 Å². The SMILES string of the molecule is CCCCS(=O)(=O)NCC1CN(CC(C)C)CCO1. The van der Waals surface area contributed by atoms with Gasteiger partial charge in [-0.2, -0.15) is 0 Å². The van der Waals surface area contributed by atoms with Crippen LogP contribution in [-0.2, 0) is 14.8 Å². The predicted molar refractivity (Wildman–Crippen MR) is 77.7 cm³/mol. The summed E-state index contributed by atoms with van der Waals surface area (Å²) < 4.78 is 31.7. The van der Waals surface area contributed by atoms with Gasteiger partial charge in [-0.25, -0.2) is 13.1 Å². The molecule has 0 aromatic heterocycles. The molecule has 1 saturated heterocycles. The molecule has 0 aromatic carbocycles. The van der Waals surface area contributed by atoms with Crippen molar-refractivity contribution in [1.29, 1.82) is 0 Å². The maximum atomic E-state index is 11.7. The third kappa shape index (κ3) is 7.25. The number of ether oxygens (including phenoxy) is 1. The predicted octanol–water partition coefficient (Wildman–Crippen LogP) is 1.06. The van der Waals surface area contributed by atoms with E-state index in [0.717, 1.165) is 26.1 Å². The lowest BCUT2D eigenvalue weighted by atomic mass is 10.2. The van der Waals surface area contributed by atoms with Gasteiger partial charge in [0.15, 0.2) is 0 Å². The second kappa shape index (κ2) is 8.19. The van der Waals surface area contributed by atoms with E-state index in [1.807, 2.05) is 6.92 Å². The highest BCUT2D eigenvalue weighted by molar-refractivity contribution is 7.89. The first-order valence-corrected chi connectivity index (χ1v) is 8.89. The molecule has 1 aliphatic heterocycles. The van der Waals surface area contributed by atoms with Crippen molar-refractivity contribution in [3.63, 3.8) is 0 Å². The molecular formula is C13H28N2O3S. The molecule has 0 saturated carbocycles. The molecule has 1 heterocycles. The van der Waals surface area contributed by atoms with Crippen LogP contribution >= 0.6 is 0 Å². The van der Waals surface area contributed by atoms with Gasteiger partial charge in [-0.05, 0) is 12.3 Å². The van der Waals surface area contributed by atoms with Gasteiger partial charge in [0, 0.05) is 26.2 Å². The minimum absolute atomic E-state index is 0.0242. The third-order valence-corrected chi connectivity index (χ3v) is 4.58. The van der Waals surface area contributed by atoms with E-state index in [4.69, 9.17) is 4.74 Å². The van der Waals surface area contributed by atoms with Crippen LogP contribution in [0.25, 0.3) is 0 Å². The third-order valence-electron chi connectivity index (χ3n) is 3.14. The van der Waals surface area contributed by atoms with E-state index in [0.29, 0.717) is 25.5 Å². The molecule has 0 bridgehead atoms. The highest BCUT2D eigenvalue weighted by Gasteiger charge is 2.22. The maximum absolute atomic E-state index is 11.7. The summed E-state index contributed by atoms with van der Waals surface area (Å²) in [4.78, 5) is 2.35. The van der Waals surface area contributed by atoms with E-state index < -0.39 is 10.0 Å². The zero-order valence-electron chi connectivity index (χ0n) is 12.4. The van der Waals surface area contributed by atoms with Crippen molar-refractivity contribution in [1.82, 2.24) is 9.62 Å². The van der Waals surface area contributed by atoms with Crippen LogP contribution < -0.4 is 4.72 Å². The van der Waals surface area contributed by atoms with Gasteiger partial charge in [0.05, 0.1) is 18.5 Å². The normalized spacial score (nSPS) is 22.0. The maximum Gasteiger partial charge on any atom is 0.211 e. The van der Waals surface area contributed by atoms with Gasteiger partial charge in [-0.3, -0.25) is 4.90 Å². The molecule has 19 heavy (non-hydrogen) atoms. The number of nitrogens with zero attached hydrogens (tertiary/aromatic N) is 1. The van der Waals surface area contributed by atoms with Gasteiger partial charge in [0.25, 0.3) is 0 Å². The highest BCUT2D eigenvalue weighted by atomic mass is 32.2. The van der Waals surface area contributed by atoms with E-state index >= 15 is 0 Å². The second-order valence-corrected chi connectivity index (χ2v) is 7.59. The average Bonchev–Trinajstić information content (AvgIpc) is 2.34. The van der Waals surface area contributed by atoms with Crippen LogP contribution in [-0.4, -0.2) is 58.0 Å². The number of morpholine rings is 1. The molecule has 0 radical (unpaired) electrons. The lowest BCUT2D eigenvalue weighted by molar-refractivity contribution is -0.0280. The van der Waals surface area contributed by atoms with Crippen LogP contribution in [0.1, 0.15) is 33.6 Å². The quantitative estimate of drug-likeness (QED) is 0.727.